The van der Waals surface area contributed by atoms with Gasteiger partial charge < -0.3 is 5.32 Å². The predicted octanol–water partition coefficient (Wildman–Crippen LogP) is 3.92. The van der Waals surface area contributed by atoms with Crippen molar-refractivity contribution < 1.29 is 9.18 Å². The van der Waals surface area contributed by atoms with Crippen molar-refractivity contribution in [1.82, 2.24) is 25.5 Å². The molecule has 1 amide bonds. The minimum absolute atomic E-state index is 0.156. The molecule has 2 aromatic heterocycles. The average molecular weight is 440 g/mol. The molecule has 2 aromatic carbocycles. The molecule has 0 aliphatic heterocycles. The molecule has 0 fully saturated rings. The van der Waals surface area contributed by atoms with Crippen molar-refractivity contribution in [3.63, 3.8) is 0 Å². The van der Waals surface area contributed by atoms with Crippen LogP contribution < -0.4 is 5.32 Å². The molecule has 0 saturated heterocycles. The third-order valence-electron chi connectivity index (χ3n) is 4.34. The van der Waals surface area contributed by atoms with Crippen molar-refractivity contribution in [2.45, 2.75) is 17.7 Å². The molecule has 6 nitrogen and oxygen atoms in total. The van der Waals surface area contributed by atoms with Crippen molar-refractivity contribution in [2.75, 3.05) is 5.75 Å². The van der Waals surface area contributed by atoms with Crippen LogP contribution in [0.4, 0.5) is 4.39 Å². The van der Waals surface area contributed by atoms with Crippen LogP contribution in [0.25, 0.3) is 0 Å². The van der Waals surface area contributed by atoms with Crippen LogP contribution in [-0.4, -0.2) is 31.9 Å². The molecular weight excluding hydrogens is 421 g/mol. The van der Waals surface area contributed by atoms with Crippen molar-refractivity contribution in [1.29, 1.82) is 0 Å². The van der Waals surface area contributed by atoms with Crippen LogP contribution in [0.3, 0.4) is 0 Å². The van der Waals surface area contributed by atoms with Crippen LogP contribution in [0.2, 0.25) is 0 Å². The summed E-state index contributed by atoms with van der Waals surface area (Å²) in [6.07, 6.45) is 0. The second-order valence-electron chi connectivity index (χ2n) is 6.46. The monoisotopic (exact) mass is 439 g/mol. The van der Waals surface area contributed by atoms with E-state index in [2.05, 4.69) is 20.8 Å². The maximum atomic E-state index is 13.3. The van der Waals surface area contributed by atoms with E-state index in [-0.39, 0.29) is 23.5 Å². The number of hydrogen-bond donors (Lipinski definition) is 1. The highest BCUT2D eigenvalue weighted by molar-refractivity contribution is 7.99. The smallest absolute Gasteiger partial charge is 0.231 e. The van der Waals surface area contributed by atoms with Crippen LogP contribution in [0.15, 0.2) is 77.3 Å². The maximum absolute atomic E-state index is 13.3. The fourth-order valence-corrected chi connectivity index (χ4v) is 4.41. The fraction of sp³-hybridized carbons (Fsp3) is 0.143. The topological polar surface area (TPSA) is 72.7 Å². The Hall–Kier alpha value is -3.04. The molecule has 0 unspecified atom stereocenters. The number of halogens is 1. The molecule has 1 atom stereocenters. The number of nitrogens with one attached hydrogen (secondary N) is 1. The Morgan fingerprint density at radius 1 is 1.10 bits per heavy atom. The van der Waals surface area contributed by atoms with E-state index in [4.69, 9.17) is 0 Å². The number of rotatable bonds is 8. The molecule has 0 spiro atoms. The Kier molecular flexibility index (Phi) is 6.50. The lowest BCUT2D eigenvalue weighted by molar-refractivity contribution is -0.119. The Bertz CT molecular complexity index is 1080. The zero-order valence-electron chi connectivity index (χ0n) is 15.8. The van der Waals surface area contributed by atoms with E-state index < -0.39 is 0 Å². The van der Waals surface area contributed by atoms with E-state index in [1.165, 1.54) is 35.2 Å². The number of thiophene rings is 1. The summed E-state index contributed by atoms with van der Waals surface area (Å²) < 4.78 is 15.0. The van der Waals surface area contributed by atoms with E-state index in [1.54, 1.807) is 16.8 Å². The summed E-state index contributed by atoms with van der Waals surface area (Å²) in [6, 6.07) is 19.6. The van der Waals surface area contributed by atoms with Gasteiger partial charge in [0, 0.05) is 4.88 Å². The molecule has 2 heterocycles. The van der Waals surface area contributed by atoms with E-state index in [0.29, 0.717) is 11.7 Å². The highest BCUT2D eigenvalue weighted by Crippen LogP contribution is 2.26. The number of hydrogen-bond acceptors (Lipinski definition) is 6. The van der Waals surface area contributed by atoms with Gasteiger partial charge in [-0.3, -0.25) is 4.79 Å². The van der Waals surface area contributed by atoms with Crippen molar-refractivity contribution >= 4 is 29.0 Å². The molecule has 4 rings (SSSR count). The van der Waals surface area contributed by atoms with E-state index in [0.717, 1.165) is 16.0 Å². The molecule has 152 valence electrons. The Balaban J connectivity index is 1.41. The third-order valence-corrected chi connectivity index (χ3v) is 6.24. The first kappa shape index (κ1) is 20.2. The molecule has 1 N–H and O–H groups in total. The quantitative estimate of drug-likeness (QED) is 0.421. The number of thioether (sulfide) groups is 1. The summed E-state index contributed by atoms with van der Waals surface area (Å²) in [4.78, 5) is 13.7. The van der Waals surface area contributed by atoms with E-state index in [1.807, 2.05) is 47.8 Å². The molecule has 0 saturated carbocycles. The number of aromatic nitrogens is 4. The van der Waals surface area contributed by atoms with Crippen molar-refractivity contribution in [3.05, 3.63) is 93.9 Å². The average Bonchev–Trinajstić information content (AvgIpc) is 3.44. The van der Waals surface area contributed by atoms with Gasteiger partial charge in [0.1, 0.15) is 5.82 Å². The first-order valence-electron chi connectivity index (χ1n) is 9.20. The molecule has 0 aliphatic carbocycles. The molecule has 0 aliphatic rings. The minimum Gasteiger partial charge on any atom is -0.344 e. The Morgan fingerprint density at radius 3 is 2.63 bits per heavy atom. The predicted molar refractivity (Wildman–Crippen MR) is 115 cm³/mol. The standard InChI is InChI=1S/C21H18FN5OS2/c22-17-10-8-16(9-11-17)20(18-7-4-12-29-18)23-19(28)14-30-21-24-25-26-27(21)13-15-5-2-1-3-6-15/h1-12,20H,13-14H2,(H,23,28)/t20-/m0/s1. The lowest BCUT2D eigenvalue weighted by Gasteiger charge is -2.18. The van der Waals surface area contributed by atoms with Gasteiger partial charge in [-0.1, -0.05) is 60.3 Å². The summed E-state index contributed by atoms with van der Waals surface area (Å²) >= 11 is 2.82. The summed E-state index contributed by atoms with van der Waals surface area (Å²) in [5, 5.41) is 17.3. The van der Waals surface area contributed by atoms with Crippen molar-refractivity contribution in [2.24, 2.45) is 0 Å². The van der Waals surface area contributed by atoms with Crippen LogP contribution in [0.5, 0.6) is 0 Å². The molecule has 0 radical (unpaired) electrons. The lowest BCUT2D eigenvalue weighted by Crippen LogP contribution is -2.30. The highest BCUT2D eigenvalue weighted by atomic mass is 32.2. The molecular formula is C21H18FN5OS2. The van der Waals surface area contributed by atoms with Gasteiger partial charge in [-0.2, -0.15) is 0 Å². The van der Waals surface area contributed by atoms with Gasteiger partial charge in [-0.25, -0.2) is 9.07 Å². The second kappa shape index (κ2) is 9.64. The number of benzene rings is 2. The highest BCUT2D eigenvalue weighted by Gasteiger charge is 2.19. The summed E-state index contributed by atoms with van der Waals surface area (Å²) in [7, 11) is 0. The molecule has 4 aromatic rings. The number of amides is 1. The number of tetrazole rings is 1. The van der Waals surface area contributed by atoms with Gasteiger partial charge in [0.15, 0.2) is 0 Å². The lowest BCUT2D eigenvalue weighted by atomic mass is 10.1. The van der Waals surface area contributed by atoms with Gasteiger partial charge in [0.2, 0.25) is 11.1 Å². The summed E-state index contributed by atoms with van der Waals surface area (Å²) in [6.45, 7) is 0.533. The van der Waals surface area contributed by atoms with Crippen LogP contribution in [0, 0.1) is 5.82 Å². The van der Waals surface area contributed by atoms with Gasteiger partial charge >= 0.3 is 0 Å². The zero-order chi connectivity index (χ0) is 20.8. The minimum atomic E-state index is -0.334. The second-order valence-corrected chi connectivity index (χ2v) is 8.38. The number of nitrogens with zero attached hydrogens (tertiary/aromatic N) is 4. The van der Waals surface area contributed by atoms with Gasteiger partial charge in [-0.15, -0.1) is 16.4 Å². The third kappa shape index (κ3) is 5.11. The van der Waals surface area contributed by atoms with Gasteiger partial charge in [0.05, 0.1) is 18.3 Å². The zero-order valence-corrected chi connectivity index (χ0v) is 17.4. The van der Waals surface area contributed by atoms with Gasteiger partial charge in [0.25, 0.3) is 0 Å². The largest absolute Gasteiger partial charge is 0.344 e. The Morgan fingerprint density at radius 2 is 1.90 bits per heavy atom. The molecule has 0 bridgehead atoms. The Labute approximate surface area is 181 Å². The van der Waals surface area contributed by atoms with Gasteiger partial charge in [-0.05, 0) is 45.1 Å². The maximum Gasteiger partial charge on any atom is 0.231 e. The van der Waals surface area contributed by atoms with Crippen molar-refractivity contribution in [3.8, 4) is 0 Å². The SMILES string of the molecule is O=C(CSc1nnnn1Cc1ccccc1)N[C@@H](c1ccc(F)cc1)c1cccs1. The summed E-state index contributed by atoms with van der Waals surface area (Å²) in [5.74, 6) is -0.300. The first-order chi connectivity index (χ1) is 14.7. The number of carbonyl (C=O) groups is 1. The van der Waals surface area contributed by atoms with E-state index in [9.17, 15) is 9.18 Å². The first-order valence-corrected chi connectivity index (χ1v) is 11.1. The van der Waals surface area contributed by atoms with E-state index >= 15 is 0 Å². The van der Waals surface area contributed by atoms with Crippen LogP contribution in [-0.2, 0) is 11.3 Å². The normalized spacial score (nSPS) is 11.9. The van der Waals surface area contributed by atoms with Crippen LogP contribution in [0.1, 0.15) is 22.0 Å². The molecule has 30 heavy (non-hydrogen) atoms. The number of carbonyl (C=O) groups excluding carboxylic acids is 1. The fourth-order valence-electron chi connectivity index (χ4n) is 2.92. The van der Waals surface area contributed by atoms with Crippen LogP contribution >= 0.6 is 23.1 Å². The summed E-state index contributed by atoms with van der Waals surface area (Å²) in [5.41, 5.74) is 1.90. The molecule has 9 heteroatoms.